The summed E-state index contributed by atoms with van der Waals surface area (Å²) in [6.07, 6.45) is -4.48. The summed E-state index contributed by atoms with van der Waals surface area (Å²) in [5, 5.41) is 18.2. The molecule has 0 saturated heterocycles. The molecule has 0 aliphatic heterocycles. The Morgan fingerprint density at radius 2 is 2.00 bits per heavy atom. The first-order valence-electron chi connectivity index (χ1n) is 5.09. The van der Waals surface area contributed by atoms with Crippen molar-refractivity contribution in [2.45, 2.75) is 23.6 Å². The Morgan fingerprint density at radius 3 is 2.42 bits per heavy atom. The molecule has 1 atom stereocenters. The van der Waals surface area contributed by atoms with Crippen LogP contribution < -0.4 is 5.73 Å². The number of carboxylic acid groups (broad SMARTS) is 1. The van der Waals surface area contributed by atoms with E-state index in [9.17, 15) is 23.1 Å². The third-order valence-electron chi connectivity index (χ3n) is 2.31. The smallest absolute Gasteiger partial charge is 0.416 e. The molecule has 0 heterocycles. The van der Waals surface area contributed by atoms with Crippen molar-refractivity contribution in [1.29, 1.82) is 0 Å². The first kappa shape index (κ1) is 15.6. The van der Waals surface area contributed by atoms with Crippen molar-refractivity contribution in [3.63, 3.8) is 0 Å². The Hall–Kier alpha value is -1.41. The van der Waals surface area contributed by atoms with E-state index < -0.39 is 23.3 Å². The highest BCUT2D eigenvalue weighted by atomic mass is 32.2. The fraction of sp³-hybridized carbons (Fsp3) is 0.364. The third-order valence-corrected chi connectivity index (χ3v) is 3.70. The Kier molecular flexibility index (Phi) is 4.36. The monoisotopic (exact) mass is 295 g/mol. The van der Waals surface area contributed by atoms with Crippen molar-refractivity contribution >= 4 is 23.4 Å². The highest BCUT2D eigenvalue weighted by molar-refractivity contribution is 7.99. The van der Waals surface area contributed by atoms with Crippen molar-refractivity contribution < 1.29 is 28.2 Å². The van der Waals surface area contributed by atoms with Crippen LogP contribution in [-0.2, 0) is 11.0 Å². The molecule has 4 nitrogen and oxygen atoms in total. The van der Waals surface area contributed by atoms with E-state index in [1.54, 1.807) is 0 Å². The number of halogens is 3. The molecule has 0 aliphatic carbocycles. The summed E-state index contributed by atoms with van der Waals surface area (Å²) >= 11 is 0.878. The minimum absolute atomic E-state index is 0.110. The number of anilines is 1. The lowest BCUT2D eigenvalue weighted by Gasteiger charge is -2.18. The van der Waals surface area contributed by atoms with E-state index in [-0.39, 0.29) is 16.3 Å². The van der Waals surface area contributed by atoms with Gasteiger partial charge in [0.05, 0.1) is 5.56 Å². The second-order valence-corrected chi connectivity index (χ2v) is 5.14. The predicted molar refractivity (Wildman–Crippen MR) is 64.8 cm³/mol. The molecule has 1 rings (SSSR count). The molecule has 0 radical (unpaired) electrons. The van der Waals surface area contributed by atoms with E-state index in [1.807, 2.05) is 0 Å². The van der Waals surface area contributed by atoms with Gasteiger partial charge in [-0.05, 0) is 25.1 Å². The fourth-order valence-electron chi connectivity index (χ4n) is 1.14. The maximum absolute atomic E-state index is 12.4. The van der Waals surface area contributed by atoms with Gasteiger partial charge in [-0.1, -0.05) is 0 Å². The van der Waals surface area contributed by atoms with E-state index in [4.69, 9.17) is 10.8 Å². The molecule has 0 fully saturated rings. The minimum Gasteiger partial charge on any atom is -0.479 e. The van der Waals surface area contributed by atoms with Crippen molar-refractivity contribution in [2.75, 3.05) is 11.5 Å². The highest BCUT2D eigenvalue weighted by Gasteiger charge is 2.32. The predicted octanol–water partition coefficient (Wildman–Crippen LogP) is 2.22. The summed E-state index contributed by atoms with van der Waals surface area (Å²) < 4.78 is 37.2. The summed E-state index contributed by atoms with van der Waals surface area (Å²) in [4.78, 5) is 11.0. The molecule has 1 aromatic rings. The van der Waals surface area contributed by atoms with Crippen molar-refractivity contribution in [3.8, 4) is 0 Å². The average molecular weight is 295 g/mol. The molecule has 106 valence electrons. The maximum Gasteiger partial charge on any atom is 0.416 e. The number of rotatable bonds is 4. The zero-order valence-corrected chi connectivity index (χ0v) is 10.7. The molecule has 1 aromatic carbocycles. The Bertz CT molecular complexity index is 489. The third kappa shape index (κ3) is 4.03. The number of hydrogen-bond acceptors (Lipinski definition) is 4. The lowest BCUT2D eigenvalue weighted by Crippen LogP contribution is -2.37. The molecular weight excluding hydrogens is 283 g/mol. The van der Waals surface area contributed by atoms with Gasteiger partial charge in [-0.2, -0.15) is 13.2 Å². The van der Waals surface area contributed by atoms with Crippen LogP contribution in [0.3, 0.4) is 0 Å². The number of nitrogens with two attached hydrogens (primary N) is 1. The van der Waals surface area contributed by atoms with Crippen LogP contribution in [-0.4, -0.2) is 27.5 Å². The van der Waals surface area contributed by atoms with Gasteiger partial charge in [-0.15, -0.1) is 11.8 Å². The van der Waals surface area contributed by atoms with E-state index >= 15 is 0 Å². The van der Waals surface area contributed by atoms with Crippen LogP contribution in [0.25, 0.3) is 0 Å². The van der Waals surface area contributed by atoms with E-state index in [1.165, 1.54) is 0 Å². The van der Waals surface area contributed by atoms with Gasteiger partial charge in [-0.25, -0.2) is 4.79 Å². The molecular formula is C11H12F3NO3S. The molecule has 0 bridgehead atoms. The van der Waals surface area contributed by atoms with E-state index in [2.05, 4.69) is 0 Å². The zero-order chi connectivity index (χ0) is 14.8. The lowest BCUT2D eigenvalue weighted by atomic mass is 10.1. The average Bonchev–Trinajstić information content (AvgIpc) is 2.25. The number of thioether (sulfide) groups is 1. The number of nitrogen functional groups attached to an aromatic ring is 1. The Labute approximate surface area is 111 Å². The molecule has 0 aliphatic rings. The van der Waals surface area contributed by atoms with Gasteiger partial charge in [-0.3, -0.25) is 0 Å². The molecule has 0 amide bonds. The summed E-state index contributed by atoms with van der Waals surface area (Å²) in [7, 11) is 0. The van der Waals surface area contributed by atoms with Crippen LogP contribution in [0.2, 0.25) is 0 Å². The molecule has 0 aromatic heterocycles. The Balaban J connectivity index is 2.85. The maximum atomic E-state index is 12.4. The second-order valence-electron chi connectivity index (χ2n) is 4.12. The second kappa shape index (κ2) is 5.30. The van der Waals surface area contributed by atoms with Gasteiger partial charge in [0.15, 0.2) is 5.60 Å². The molecule has 19 heavy (non-hydrogen) atoms. The summed E-state index contributed by atoms with van der Waals surface area (Å²) in [5.41, 5.74) is 2.52. The fourth-order valence-corrected chi connectivity index (χ4v) is 2.09. The van der Waals surface area contributed by atoms with Crippen LogP contribution in [0.5, 0.6) is 0 Å². The molecule has 1 unspecified atom stereocenters. The van der Waals surface area contributed by atoms with E-state index in [0.717, 1.165) is 36.9 Å². The van der Waals surface area contributed by atoms with Crippen molar-refractivity contribution in [2.24, 2.45) is 0 Å². The quantitative estimate of drug-likeness (QED) is 0.586. The van der Waals surface area contributed by atoms with Gasteiger partial charge in [0.2, 0.25) is 0 Å². The molecule has 0 spiro atoms. The largest absolute Gasteiger partial charge is 0.479 e. The molecule has 4 N–H and O–H groups in total. The SMILES string of the molecule is CC(O)(CSc1ccc(C(F)(F)F)cc1N)C(=O)O. The van der Waals surface area contributed by atoms with Crippen molar-refractivity contribution in [3.05, 3.63) is 23.8 Å². The lowest BCUT2D eigenvalue weighted by molar-refractivity contribution is -0.154. The van der Waals surface area contributed by atoms with Crippen molar-refractivity contribution in [1.82, 2.24) is 0 Å². The van der Waals surface area contributed by atoms with Crippen LogP contribution >= 0.6 is 11.8 Å². The number of carbonyl (C=O) groups is 1. The zero-order valence-electron chi connectivity index (χ0n) is 9.86. The van der Waals surface area contributed by atoms with Gasteiger partial charge in [0.25, 0.3) is 0 Å². The number of carboxylic acids is 1. The number of alkyl halides is 3. The summed E-state index contributed by atoms with van der Waals surface area (Å²) in [6, 6.07) is 2.78. The topological polar surface area (TPSA) is 83.5 Å². The van der Waals surface area contributed by atoms with Crippen LogP contribution in [0.15, 0.2) is 23.1 Å². The normalized spacial score (nSPS) is 15.0. The van der Waals surface area contributed by atoms with Gasteiger partial charge in [0.1, 0.15) is 0 Å². The van der Waals surface area contributed by atoms with Gasteiger partial charge >= 0.3 is 12.1 Å². The molecule has 8 heteroatoms. The van der Waals surface area contributed by atoms with E-state index in [0.29, 0.717) is 0 Å². The van der Waals surface area contributed by atoms with Gasteiger partial charge < -0.3 is 15.9 Å². The number of benzene rings is 1. The minimum atomic E-state index is -4.48. The Morgan fingerprint density at radius 1 is 1.42 bits per heavy atom. The standard InChI is InChI=1S/C11H12F3NO3S/c1-10(18,9(16)17)5-19-8-3-2-6(4-7(8)15)11(12,13)14/h2-4,18H,5,15H2,1H3,(H,16,17). The van der Waals surface area contributed by atoms with Gasteiger partial charge in [0, 0.05) is 16.3 Å². The highest BCUT2D eigenvalue weighted by Crippen LogP contribution is 2.35. The summed E-state index contributed by atoms with van der Waals surface area (Å²) in [6.45, 7) is 1.10. The number of aliphatic carboxylic acids is 1. The number of aliphatic hydroxyl groups is 1. The van der Waals surface area contributed by atoms with Crippen LogP contribution in [0.4, 0.5) is 18.9 Å². The van der Waals surface area contributed by atoms with Crippen LogP contribution in [0.1, 0.15) is 12.5 Å². The molecule has 0 saturated carbocycles. The summed E-state index contributed by atoms with van der Waals surface area (Å²) in [5.74, 6) is -1.64. The number of hydrogen-bond donors (Lipinski definition) is 3. The first-order chi connectivity index (χ1) is 8.54. The van der Waals surface area contributed by atoms with Crippen LogP contribution in [0, 0.1) is 0 Å². The first-order valence-corrected chi connectivity index (χ1v) is 6.08.